The van der Waals surface area contributed by atoms with Crippen LogP contribution in [0.25, 0.3) is 0 Å². The lowest BCUT2D eigenvalue weighted by atomic mass is 10.3. The number of hydrogen-bond acceptors (Lipinski definition) is 3. The molecule has 0 saturated carbocycles. The van der Waals surface area contributed by atoms with Crippen LogP contribution in [0, 0.1) is 0 Å². The number of halogens is 1. The van der Waals surface area contributed by atoms with Crippen molar-refractivity contribution in [1.82, 2.24) is 5.32 Å². The van der Waals surface area contributed by atoms with Gasteiger partial charge in [-0.2, -0.15) is 0 Å². The van der Waals surface area contributed by atoms with Crippen LogP contribution in [0.15, 0.2) is 29.2 Å². The molecule has 0 aliphatic heterocycles. The summed E-state index contributed by atoms with van der Waals surface area (Å²) in [4.78, 5) is 0.200. The van der Waals surface area contributed by atoms with Crippen molar-refractivity contribution in [2.24, 2.45) is 0 Å². The summed E-state index contributed by atoms with van der Waals surface area (Å²) in [5, 5.41) is 2.70. The summed E-state index contributed by atoms with van der Waals surface area (Å²) in [6, 6.07) is 6.39. The van der Waals surface area contributed by atoms with Crippen LogP contribution in [0.2, 0.25) is 5.02 Å². The molecule has 0 aliphatic rings. The Labute approximate surface area is 102 Å². The van der Waals surface area contributed by atoms with Gasteiger partial charge in [0, 0.05) is 6.04 Å². The van der Waals surface area contributed by atoms with Gasteiger partial charge in [-0.1, -0.05) is 23.7 Å². The molecule has 0 spiro atoms. The first-order chi connectivity index (χ1) is 7.41. The average Bonchev–Trinajstić information content (AvgIpc) is 2.27. The summed E-state index contributed by atoms with van der Waals surface area (Å²) in [7, 11) is -1.64. The second-order valence-corrected chi connectivity index (χ2v) is 6.44. The molecule has 16 heavy (non-hydrogen) atoms. The molecule has 5 heteroatoms. The van der Waals surface area contributed by atoms with E-state index in [1.54, 1.807) is 32.2 Å². The van der Waals surface area contributed by atoms with Crippen LogP contribution in [-0.4, -0.2) is 26.8 Å². The highest BCUT2D eigenvalue weighted by atomic mass is 35.5. The van der Waals surface area contributed by atoms with Crippen molar-refractivity contribution in [3.05, 3.63) is 29.3 Å². The van der Waals surface area contributed by atoms with Gasteiger partial charge in [0.25, 0.3) is 0 Å². The van der Waals surface area contributed by atoms with Crippen molar-refractivity contribution in [3.63, 3.8) is 0 Å². The quantitative estimate of drug-likeness (QED) is 0.903. The molecule has 90 valence electrons. The Morgan fingerprint density at radius 3 is 2.31 bits per heavy atom. The topological polar surface area (TPSA) is 46.2 Å². The van der Waals surface area contributed by atoms with Gasteiger partial charge in [0.15, 0.2) is 9.84 Å². The van der Waals surface area contributed by atoms with E-state index < -0.39 is 15.1 Å². The molecule has 2 atom stereocenters. The van der Waals surface area contributed by atoms with E-state index in [9.17, 15) is 8.42 Å². The number of nitrogens with one attached hydrogen (secondary N) is 1. The van der Waals surface area contributed by atoms with Crippen LogP contribution in [0.4, 0.5) is 0 Å². The van der Waals surface area contributed by atoms with E-state index in [0.717, 1.165) is 0 Å². The Morgan fingerprint density at radius 1 is 1.25 bits per heavy atom. The zero-order valence-corrected chi connectivity index (χ0v) is 11.1. The maximum Gasteiger partial charge on any atom is 0.183 e. The molecule has 0 bridgehead atoms. The van der Waals surface area contributed by atoms with Crippen LogP contribution in [-0.2, 0) is 9.84 Å². The maximum atomic E-state index is 12.2. The highest BCUT2D eigenvalue weighted by Crippen LogP contribution is 2.25. The van der Waals surface area contributed by atoms with Crippen molar-refractivity contribution in [3.8, 4) is 0 Å². The van der Waals surface area contributed by atoms with Gasteiger partial charge in [-0.25, -0.2) is 8.42 Å². The predicted octanol–water partition coefficient (Wildman–Crippen LogP) is 2.11. The lowest BCUT2D eigenvalue weighted by Crippen LogP contribution is -2.38. The summed E-state index contributed by atoms with van der Waals surface area (Å²) in [6.45, 7) is 3.51. The normalized spacial score (nSPS) is 15.8. The Hall–Kier alpha value is -0.580. The molecular weight excluding hydrogens is 246 g/mol. The highest BCUT2D eigenvalue weighted by molar-refractivity contribution is 7.92. The molecule has 2 unspecified atom stereocenters. The third-order valence-electron chi connectivity index (χ3n) is 2.79. The summed E-state index contributed by atoms with van der Waals surface area (Å²) in [5.74, 6) is 0. The van der Waals surface area contributed by atoms with Crippen molar-refractivity contribution >= 4 is 21.4 Å². The van der Waals surface area contributed by atoms with Gasteiger partial charge < -0.3 is 5.32 Å². The minimum absolute atomic E-state index is 0.124. The number of benzene rings is 1. The molecule has 0 fully saturated rings. The Kier molecular flexibility index (Phi) is 4.35. The van der Waals surface area contributed by atoms with E-state index in [2.05, 4.69) is 5.32 Å². The molecule has 0 aromatic heterocycles. The van der Waals surface area contributed by atoms with Gasteiger partial charge >= 0.3 is 0 Å². The van der Waals surface area contributed by atoms with Crippen LogP contribution in [0.5, 0.6) is 0 Å². The molecule has 0 saturated heterocycles. The zero-order valence-electron chi connectivity index (χ0n) is 9.57. The Bertz CT molecular complexity index is 459. The maximum absolute atomic E-state index is 12.2. The summed E-state index contributed by atoms with van der Waals surface area (Å²) < 4.78 is 24.5. The second-order valence-electron chi connectivity index (χ2n) is 3.76. The van der Waals surface area contributed by atoms with Gasteiger partial charge in [-0.3, -0.25) is 0 Å². The van der Waals surface area contributed by atoms with E-state index in [1.165, 1.54) is 6.07 Å². The fourth-order valence-corrected chi connectivity index (χ4v) is 3.52. The van der Waals surface area contributed by atoms with Crippen molar-refractivity contribution in [2.75, 3.05) is 7.05 Å². The minimum atomic E-state index is -3.38. The van der Waals surface area contributed by atoms with Crippen LogP contribution >= 0.6 is 11.6 Å². The van der Waals surface area contributed by atoms with E-state index in [-0.39, 0.29) is 16.0 Å². The van der Waals surface area contributed by atoms with Crippen molar-refractivity contribution in [1.29, 1.82) is 0 Å². The average molecular weight is 262 g/mol. The first-order valence-electron chi connectivity index (χ1n) is 5.07. The molecule has 0 heterocycles. The zero-order chi connectivity index (χ0) is 12.3. The van der Waals surface area contributed by atoms with Crippen LogP contribution in [0.3, 0.4) is 0 Å². The molecule has 0 aliphatic carbocycles. The Balaban J connectivity index is 3.17. The van der Waals surface area contributed by atoms with Crippen LogP contribution < -0.4 is 5.32 Å². The van der Waals surface area contributed by atoms with E-state index in [1.807, 2.05) is 6.92 Å². The van der Waals surface area contributed by atoms with Gasteiger partial charge in [-0.15, -0.1) is 0 Å². The molecule has 3 nitrogen and oxygen atoms in total. The Morgan fingerprint density at radius 2 is 1.81 bits per heavy atom. The smallest absolute Gasteiger partial charge is 0.183 e. The lowest BCUT2D eigenvalue weighted by Gasteiger charge is -2.20. The van der Waals surface area contributed by atoms with Crippen LogP contribution in [0.1, 0.15) is 13.8 Å². The van der Waals surface area contributed by atoms with Gasteiger partial charge in [0.05, 0.1) is 15.2 Å². The highest BCUT2D eigenvalue weighted by Gasteiger charge is 2.28. The monoisotopic (exact) mass is 261 g/mol. The summed E-state index contributed by atoms with van der Waals surface area (Å²) >= 11 is 5.90. The fourth-order valence-electron chi connectivity index (χ4n) is 1.38. The predicted molar refractivity (Wildman–Crippen MR) is 66.6 cm³/mol. The number of hydrogen-bond donors (Lipinski definition) is 1. The van der Waals surface area contributed by atoms with E-state index in [0.29, 0.717) is 0 Å². The molecule has 1 rings (SSSR count). The van der Waals surface area contributed by atoms with E-state index in [4.69, 9.17) is 11.6 Å². The lowest BCUT2D eigenvalue weighted by molar-refractivity contribution is 0.539. The van der Waals surface area contributed by atoms with Gasteiger partial charge in [0.1, 0.15) is 0 Å². The summed E-state index contributed by atoms with van der Waals surface area (Å²) in [5.41, 5.74) is 0. The number of sulfone groups is 1. The summed E-state index contributed by atoms with van der Waals surface area (Å²) in [6.07, 6.45) is 0. The van der Waals surface area contributed by atoms with Crippen molar-refractivity contribution in [2.45, 2.75) is 30.0 Å². The third-order valence-corrected chi connectivity index (χ3v) is 5.59. The molecule has 1 N–H and O–H groups in total. The molecule has 1 aromatic rings. The molecule has 0 amide bonds. The van der Waals surface area contributed by atoms with Gasteiger partial charge in [0.2, 0.25) is 0 Å². The third kappa shape index (κ3) is 2.56. The fraction of sp³-hybridized carbons (Fsp3) is 0.455. The first-order valence-corrected chi connectivity index (χ1v) is 6.99. The molecule has 0 radical (unpaired) electrons. The second kappa shape index (κ2) is 5.17. The SMILES string of the molecule is CNC(C)C(C)S(=O)(=O)c1ccccc1Cl. The van der Waals surface area contributed by atoms with E-state index >= 15 is 0 Å². The molecule has 1 aromatic carbocycles. The largest absolute Gasteiger partial charge is 0.316 e. The molecular formula is C11H16ClNO2S. The minimum Gasteiger partial charge on any atom is -0.316 e. The first kappa shape index (κ1) is 13.5. The number of rotatable bonds is 4. The van der Waals surface area contributed by atoms with Gasteiger partial charge in [-0.05, 0) is 33.0 Å². The van der Waals surface area contributed by atoms with Crippen molar-refractivity contribution < 1.29 is 8.42 Å². The standard InChI is InChI=1S/C11H16ClNO2S/c1-8(13-3)9(2)16(14,15)11-7-5-4-6-10(11)12/h4-9,13H,1-3H3.